The number of hydrogen-bond acceptors (Lipinski definition) is 2. The number of hydrogen-bond donors (Lipinski definition) is 0. The molecule has 0 saturated carbocycles. The summed E-state index contributed by atoms with van der Waals surface area (Å²) < 4.78 is 4.38. The van der Waals surface area contributed by atoms with Gasteiger partial charge in [-0.15, -0.1) is 5.10 Å². The maximum Gasteiger partial charge on any atom is 0.217 e. The molecule has 0 spiro atoms. The van der Waals surface area contributed by atoms with Crippen LogP contribution in [0.15, 0.2) is 23.1 Å². The Kier molecular flexibility index (Phi) is 1.95. The molecule has 0 fully saturated rings. The van der Waals surface area contributed by atoms with E-state index in [1.54, 1.807) is 4.68 Å². The predicted molar refractivity (Wildman–Crippen MR) is 53.1 cm³/mol. The third-order valence-electron chi connectivity index (χ3n) is 1.91. The molecule has 0 amide bonds. The average molecular weight is 241 g/mol. The monoisotopic (exact) mass is 240 g/mol. The minimum atomic E-state index is 0.617. The maximum atomic E-state index is 4.26. The number of nitrogens with zero attached hydrogens (tertiary/aromatic N) is 4. The van der Waals surface area contributed by atoms with Gasteiger partial charge in [0.2, 0.25) is 4.73 Å². The molecule has 0 radical (unpaired) electrons. The summed E-state index contributed by atoms with van der Waals surface area (Å²) in [5.74, 6) is 0.861. The number of aromatic nitrogens is 4. The summed E-state index contributed by atoms with van der Waals surface area (Å²) >= 11 is 3.24. The Morgan fingerprint density at radius 2 is 2.15 bits per heavy atom. The van der Waals surface area contributed by atoms with Crippen LogP contribution in [0.5, 0.6) is 0 Å². The lowest BCUT2D eigenvalue weighted by molar-refractivity contribution is 0.758. The van der Waals surface area contributed by atoms with Crippen molar-refractivity contribution >= 4 is 15.9 Å². The van der Waals surface area contributed by atoms with Gasteiger partial charge in [0.1, 0.15) is 0 Å². The zero-order valence-corrected chi connectivity index (χ0v) is 8.98. The second kappa shape index (κ2) is 2.99. The van der Waals surface area contributed by atoms with E-state index in [0.717, 1.165) is 11.5 Å². The first kappa shape index (κ1) is 8.50. The Bertz CT molecular complexity index is 429. The van der Waals surface area contributed by atoms with Crippen molar-refractivity contribution in [3.05, 3.63) is 23.1 Å². The largest absolute Gasteiger partial charge is 0.348 e. The van der Waals surface area contributed by atoms with Gasteiger partial charge in [-0.25, -0.2) is 4.68 Å². The van der Waals surface area contributed by atoms with Gasteiger partial charge >= 0.3 is 0 Å². The van der Waals surface area contributed by atoms with Crippen LogP contribution in [0.1, 0.15) is 0 Å². The van der Waals surface area contributed by atoms with E-state index in [4.69, 9.17) is 0 Å². The van der Waals surface area contributed by atoms with Crippen LogP contribution in [0, 0.1) is 0 Å². The smallest absolute Gasteiger partial charge is 0.217 e. The molecular weight excluding hydrogens is 232 g/mol. The highest BCUT2D eigenvalue weighted by Gasteiger charge is 2.09. The average Bonchev–Trinajstić information content (AvgIpc) is 2.58. The van der Waals surface area contributed by atoms with E-state index < -0.39 is 0 Å². The highest BCUT2D eigenvalue weighted by Crippen LogP contribution is 2.17. The summed E-state index contributed by atoms with van der Waals surface area (Å²) in [4.78, 5) is 4.26. The predicted octanol–water partition coefficient (Wildman–Crippen LogP) is 1.58. The number of halogens is 1. The van der Waals surface area contributed by atoms with Crippen LogP contribution in [-0.2, 0) is 14.1 Å². The van der Waals surface area contributed by atoms with Crippen LogP contribution in [-0.4, -0.2) is 19.3 Å². The highest BCUT2D eigenvalue weighted by atomic mass is 79.9. The van der Waals surface area contributed by atoms with Crippen LogP contribution >= 0.6 is 15.9 Å². The van der Waals surface area contributed by atoms with Gasteiger partial charge < -0.3 is 4.57 Å². The third kappa shape index (κ3) is 1.39. The van der Waals surface area contributed by atoms with E-state index in [-0.39, 0.29) is 0 Å². The van der Waals surface area contributed by atoms with Gasteiger partial charge in [0.25, 0.3) is 0 Å². The molecule has 0 aliphatic carbocycles. The molecule has 0 N–H and O–H groups in total. The molecule has 2 heterocycles. The van der Waals surface area contributed by atoms with Gasteiger partial charge in [0.05, 0.1) is 5.69 Å². The molecule has 2 aromatic rings. The van der Waals surface area contributed by atoms with E-state index in [1.807, 2.05) is 37.0 Å². The van der Waals surface area contributed by atoms with Crippen LogP contribution in [0.4, 0.5) is 0 Å². The summed E-state index contributed by atoms with van der Waals surface area (Å²) in [6.07, 6.45) is 1.98. The van der Waals surface area contributed by atoms with Crippen molar-refractivity contribution in [2.24, 2.45) is 14.1 Å². The van der Waals surface area contributed by atoms with Crippen molar-refractivity contribution in [3.63, 3.8) is 0 Å². The summed E-state index contributed by atoms with van der Waals surface area (Å²) in [5, 5.41) is 4.12. The van der Waals surface area contributed by atoms with Gasteiger partial charge in [0.15, 0.2) is 5.82 Å². The summed E-state index contributed by atoms with van der Waals surface area (Å²) in [6.45, 7) is 0. The molecule has 4 nitrogen and oxygen atoms in total. The molecule has 0 aliphatic heterocycles. The van der Waals surface area contributed by atoms with E-state index >= 15 is 0 Å². The van der Waals surface area contributed by atoms with Crippen LogP contribution in [0.25, 0.3) is 11.5 Å². The number of rotatable bonds is 1. The van der Waals surface area contributed by atoms with Crippen molar-refractivity contribution < 1.29 is 0 Å². The van der Waals surface area contributed by atoms with Crippen molar-refractivity contribution in [3.8, 4) is 11.5 Å². The zero-order valence-electron chi connectivity index (χ0n) is 7.40. The minimum Gasteiger partial charge on any atom is -0.348 e. The fourth-order valence-electron chi connectivity index (χ4n) is 1.27. The van der Waals surface area contributed by atoms with E-state index in [0.29, 0.717) is 4.73 Å². The molecule has 13 heavy (non-hydrogen) atoms. The van der Waals surface area contributed by atoms with Crippen molar-refractivity contribution in [2.75, 3.05) is 0 Å². The van der Waals surface area contributed by atoms with Crippen molar-refractivity contribution in [2.45, 2.75) is 0 Å². The van der Waals surface area contributed by atoms with Gasteiger partial charge in [0, 0.05) is 20.3 Å². The summed E-state index contributed by atoms with van der Waals surface area (Å²) in [6, 6.07) is 3.99. The quantitative estimate of drug-likeness (QED) is 0.759. The van der Waals surface area contributed by atoms with Gasteiger partial charge in [-0.3, -0.25) is 0 Å². The van der Waals surface area contributed by atoms with Crippen molar-refractivity contribution in [1.29, 1.82) is 0 Å². The van der Waals surface area contributed by atoms with Crippen LogP contribution < -0.4 is 0 Å². The Labute approximate surface area is 84.3 Å². The standard InChI is InChI=1S/C8H9BrN4/c1-12-5-3-4-6(12)7-10-8(9)11-13(7)2/h3-5H,1-2H3. The molecule has 0 unspecified atom stereocenters. The SMILES string of the molecule is Cn1cccc1-c1nc(Br)nn1C. The second-order valence-electron chi connectivity index (χ2n) is 2.83. The number of aryl methyl sites for hydroxylation is 2. The van der Waals surface area contributed by atoms with E-state index in [2.05, 4.69) is 26.0 Å². The molecule has 0 aliphatic rings. The first-order valence-electron chi connectivity index (χ1n) is 3.86. The fourth-order valence-corrected chi connectivity index (χ4v) is 1.68. The first-order chi connectivity index (χ1) is 6.18. The Morgan fingerprint density at radius 1 is 1.38 bits per heavy atom. The van der Waals surface area contributed by atoms with E-state index in [1.165, 1.54) is 0 Å². The van der Waals surface area contributed by atoms with Gasteiger partial charge in [-0.1, -0.05) is 0 Å². The fraction of sp³-hybridized carbons (Fsp3) is 0.250. The first-order valence-corrected chi connectivity index (χ1v) is 4.66. The molecule has 0 bridgehead atoms. The third-order valence-corrected chi connectivity index (χ3v) is 2.25. The Morgan fingerprint density at radius 3 is 2.62 bits per heavy atom. The molecule has 2 aromatic heterocycles. The molecule has 0 saturated heterocycles. The Hall–Kier alpha value is -1.10. The zero-order chi connectivity index (χ0) is 9.42. The lowest BCUT2D eigenvalue weighted by Gasteiger charge is -2.00. The van der Waals surface area contributed by atoms with Crippen molar-refractivity contribution in [1.82, 2.24) is 19.3 Å². The lowest BCUT2D eigenvalue weighted by atomic mass is 10.4. The summed E-state index contributed by atoms with van der Waals surface area (Å²) in [5.41, 5.74) is 1.06. The van der Waals surface area contributed by atoms with Gasteiger partial charge in [-0.05, 0) is 28.1 Å². The van der Waals surface area contributed by atoms with Crippen LogP contribution in [0.2, 0.25) is 0 Å². The van der Waals surface area contributed by atoms with Crippen LogP contribution in [0.3, 0.4) is 0 Å². The van der Waals surface area contributed by atoms with E-state index in [9.17, 15) is 0 Å². The van der Waals surface area contributed by atoms with Gasteiger partial charge in [-0.2, -0.15) is 4.98 Å². The molecule has 0 atom stereocenters. The lowest BCUT2D eigenvalue weighted by Crippen LogP contribution is -1.98. The maximum absolute atomic E-state index is 4.26. The Balaban J connectivity index is 2.58. The normalized spacial score (nSPS) is 10.7. The second-order valence-corrected chi connectivity index (χ2v) is 3.54. The molecule has 5 heteroatoms. The molecule has 0 aromatic carbocycles. The molecular formula is C8H9BrN4. The highest BCUT2D eigenvalue weighted by molar-refractivity contribution is 9.10. The summed E-state index contributed by atoms with van der Waals surface area (Å²) in [7, 11) is 3.86. The topological polar surface area (TPSA) is 35.6 Å². The molecule has 68 valence electrons. The molecule has 2 rings (SSSR count). The minimum absolute atomic E-state index is 0.617.